The maximum absolute atomic E-state index is 14.7. The molecule has 0 amide bonds. The van der Waals surface area contributed by atoms with Crippen molar-refractivity contribution in [3.63, 3.8) is 0 Å². The molecule has 3 aromatic rings. The number of hydrogen-bond acceptors (Lipinski definition) is 7. The van der Waals surface area contributed by atoms with Crippen molar-refractivity contribution >= 4 is 16.9 Å². The van der Waals surface area contributed by atoms with Crippen molar-refractivity contribution in [3.05, 3.63) is 46.1 Å². The number of methoxy groups -OCH3 is 1. The van der Waals surface area contributed by atoms with Crippen LogP contribution in [0, 0.1) is 12.7 Å². The van der Waals surface area contributed by atoms with Gasteiger partial charge in [-0.1, -0.05) is 6.07 Å². The largest absolute Gasteiger partial charge is 0.491 e. The van der Waals surface area contributed by atoms with Crippen molar-refractivity contribution in [1.29, 1.82) is 0 Å². The maximum atomic E-state index is 14.7. The van der Waals surface area contributed by atoms with Crippen molar-refractivity contribution in [1.82, 2.24) is 14.5 Å². The van der Waals surface area contributed by atoms with Gasteiger partial charge in [-0.3, -0.25) is 4.79 Å². The average Bonchev–Trinajstić information content (AvgIpc) is 2.76. The van der Waals surface area contributed by atoms with Gasteiger partial charge in [-0.15, -0.1) is 0 Å². The molecule has 1 aromatic carbocycles. The fourth-order valence-corrected chi connectivity index (χ4v) is 4.25. The SMILES string of the molecule is COc1c(C)n(C(C)C)c2cc(-c3nc(N[C@@H]4CCOC[C@H]4O)ncc3F)ccc2c1=O. The standard InChI is InChI=1S/C23H27FN4O4/c1-12(2)28-13(3)22(31-4)21(30)15-6-5-14(9-18(15)28)20-16(24)10-25-23(27-20)26-17-7-8-32-11-19(17)29/h5-6,9-10,12,17,19,29H,7-8,11H2,1-4H3,(H,25,26,27)/t17-,19-/m1/s1. The van der Waals surface area contributed by atoms with Gasteiger partial charge in [0.1, 0.15) is 5.69 Å². The lowest BCUT2D eigenvalue weighted by atomic mass is 10.1. The summed E-state index contributed by atoms with van der Waals surface area (Å²) in [6, 6.07) is 4.87. The second kappa shape index (κ2) is 8.84. The molecular weight excluding hydrogens is 415 g/mol. The van der Waals surface area contributed by atoms with Crippen molar-refractivity contribution in [2.45, 2.75) is 45.4 Å². The van der Waals surface area contributed by atoms with Gasteiger partial charge >= 0.3 is 0 Å². The van der Waals surface area contributed by atoms with Crippen LogP contribution in [0.25, 0.3) is 22.2 Å². The number of nitrogens with zero attached hydrogens (tertiary/aromatic N) is 3. The number of aromatic nitrogens is 3. The molecule has 0 unspecified atom stereocenters. The van der Waals surface area contributed by atoms with E-state index < -0.39 is 11.9 Å². The zero-order valence-corrected chi connectivity index (χ0v) is 18.6. The summed E-state index contributed by atoms with van der Waals surface area (Å²) in [5.74, 6) is -0.0561. The lowest BCUT2D eigenvalue weighted by Crippen LogP contribution is -2.42. The number of anilines is 1. The number of pyridine rings is 1. The Morgan fingerprint density at radius 2 is 2.16 bits per heavy atom. The highest BCUT2D eigenvalue weighted by Crippen LogP contribution is 2.29. The number of aliphatic hydroxyl groups is 1. The lowest BCUT2D eigenvalue weighted by molar-refractivity contribution is -0.0136. The molecule has 1 aliphatic rings. The predicted molar refractivity (Wildman–Crippen MR) is 120 cm³/mol. The van der Waals surface area contributed by atoms with Gasteiger partial charge in [-0.25, -0.2) is 14.4 Å². The average molecular weight is 442 g/mol. The van der Waals surface area contributed by atoms with Crippen LogP contribution in [0.4, 0.5) is 10.3 Å². The van der Waals surface area contributed by atoms with Crippen LogP contribution in [0.15, 0.2) is 29.2 Å². The van der Waals surface area contributed by atoms with Crippen LogP contribution >= 0.6 is 0 Å². The minimum Gasteiger partial charge on any atom is -0.491 e. The Hall–Kier alpha value is -3.04. The van der Waals surface area contributed by atoms with Crippen LogP contribution in [0.3, 0.4) is 0 Å². The molecule has 9 heteroatoms. The summed E-state index contributed by atoms with van der Waals surface area (Å²) in [7, 11) is 1.48. The second-order valence-electron chi connectivity index (χ2n) is 8.22. The second-order valence-corrected chi connectivity index (χ2v) is 8.22. The highest BCUT2D eigenvalue weighted by Gasteiger charge is 2.25. The smallest absolute Gasteiger partial charge is 0.231 e. The van der Waals surface area contributed by atoms with Crippen LogP contribution in [0.1, 0.15) is 32.0 Å². The third kappa shape index (κ3) is 3.93. The molecule has 170 valence electrons. The van der Waals surface area contributed by atoms with E-state index >= 15 is 0 Å². The van der Waals surface area contributed by atoms with Crippen molar-refractivity contribution < 1.29 is 19.0 Å². The highest BCUT2D eigenvalue weighted by molar-refractivity contribution is 5.86. The Morgan fingerprint density at radius 1 is 1.38 bits per heavy atom. The Morgan fingerprint density at radius 3 is 2.84 bits per heavy atom. The molecule has 0 bridgehead atoms. The van der Waals surface area contributed by atoms with Gasteiger partial charge in [0.2, 0.25) is 11.4 Å². The Bertz CT molecular complexity index is 1210. The molecule has 4 rings (SSSR count). The molecule has 1 fully saturated rings. The summed E-state index contributed by atoms with van der Waals surface area (Å²) >= 11 is 0. The normalized spacial score (nSPS) is 18.8. The first-order valence-corrected chi connectivity index (χ1v) is 10.6. The van der Waals surface area contributed by atoms with Crippen molar-refractivity contribution in [2.75, 3.05) is 25.6 Å². The maximum Gasteiger partial charge on any atom is 0.231 e. The topological polar surface area (TPSA) is 98.5 Å². The van der Waals surface area contributed by atoms with Crippen LogP contribution in [0.5, 0.6) is 5.75 Å². The summed E-state index contributed by atoms with van der Waals surface area (Å²) in [6.07, 6.45) is 1.00. The van der Waals surface area contributed by atoms with Gasteiger partial charge in [-0.2, -0.15) is 0 Å². The molecule has 0 radical (unpaired) electrons. The van der Waals surface area contributed by atoms with E-state index in [1.165, 1.54) is 7.11 Å². The van der Waals surface area contributed by atoms with E-state index in [-0.39, 0.29) is 35.8 Å². The predicted octanol–water partition coefficient (Wildman–Crippen LogP) is 3.06. The first kappa shape index (κ1) is 22.2. The van der Waals surface area contributed by atoms with E-state index in [4.69, 9.17) is 9.47 Å². The van der Waals surface area contributed by atoms with Crippen LogP contribution < -0.4 is 15.5 Å². The zero-order chi connectivity index (χ0) is 23.0. The zero-order valence-electron chi connectivity index (χ0n) is 18.6. The summed E-state index contributed by atoms with van der Waals surface area (Å²) in [5, 5.41) is 13.7. The Kier molecular flexibility index (Phi) is 6.12. The van der Waals surface area contributed by atoms with Gasteiger partial charge in [-0.05, 0) is 39.3 Å². The molecular formula is C23H27FN4O4. The highest BCUT2D eigenvalue weighted by atomic mass is 19.1. The summed E-state index contributed by atoms with van der Waals surface area (Å²) in [6.45, 7) is 6.60. The summed E-state index contributed by atoms with van der Waals surface area (Å²) in [4.78, 5) is 21.3. The Balaban J connectivity index is 1.81. The molecule has 0 spiro atoms. The van der Waals surface area contributed by atoms with Gasteiger partial charge in [0, 0.05) is 23.6 Å². The molecule has 2 aromatic heterocycles. The van der Waals surface area contributed by atoms with E-state index in [0.717, 1.165) is 6.20 Å². The van der Waals surface area contributed by atoms with Crippen LogP contribution in [-0.2, 0) is 4.74 Å². The third-order valence-corrected chi connectivity index (χ3v) is 5.78. The van der Waals surface area contributed by atoms with E-state index in [2.05, 4.69) is 15.3 Å². The summed E-state index contributed by atoms with van der Waals surface area (Å²) < 4.78 is 27.3. The van der Waals surface area contributed by atoms with E-state index in [1.54, 1.807) is 18.2 Å². The number of benzene rings is 1. The molecule has 1 aliphatic heterocycles. The van der Waals surface area contributed by atoms with Crippen LogP contribution in [0.2, 0.25) is 0 Å². The van der Waals surface area contributed by atoms with Crippen molar-refractivity contribution in [3.8, 4) is 17.0 Å². The van der Waals surface area contributed by atoms with Crippen LogP contribution in [-0.4, -0.2) is 52.1 Å². The number of nitrogens with one attached hydrogen (secondary N) is 1. The van der Waals surface area contributed by atoms with Gasteiger partial charge < -0.3 is 24.5 Å². The first-order chi connectivity index (χ1) is 15.3. The molecule has 32 heavy (non-hydrogen) atoms. The number of rotatable bonds is 5. The monoisotopic (exact) mass is 442 g/mol. The molecule has 2 atom stereocenters. The number of halogens is 1. The van der Waals surface area contributed by atoms with E-state index in [1.807, 2.05) is 25.3 Å². The minimum atomic E-state index is -0.694. The van der Waals surface area contributed by atoms with E-state index in [0.29, 0.717) is 40.9 Å². The minimum absolute atomic E-state index is 0.0460. The Labute approximate surface area is 185 Å². The molecule has 0 aliphatic carbocycles. The van der Waals surface area contributed by atoms with E-state index in [9.17, 15) is 14.3 Å². The number of ether oxygens (including phenoxy) is 2. The molecule has 1 saturated heterocycles. The fraction of sp³-hybridized carbons (Fsp3) is 0.435. The fourth-order valence-electron chi connectivity index (χ4n) is 4.25. The number of hydrogen-bond donors (Lipinski definition) is 2. The van der Waals surface area contributed by atoms with Gasteiger partial charge in [0.05, 0.1) is 43.3 Å². The van der Waals surface area contributed by atoms with Gasteiger partial charge in [0.15, 0.2) is 11.6 Å². The number of fused-ring (bicyclic) bond motifs is 1. The molecule has 8 nitrogen and oxygen atoms in total. The lowest BCUT2D eigenvalue weighted by Gasteiger charge is -2.28. The molecule has 2 N–H and O–H groups in total. The molecule has 3 heterocycles. The molecule has 0 saturated carbocycles. The summed E-state index contributed by atoms with van der Waals surface area (Å²) in [5.41, 5.74) is 1.81. The van der Waals surface area contributed by atoms with Crippen molar-refractivity contribution in [2.24, 2.45) is 0 Å². The third-order valence-electron chi connectivity index (χ3n) is 5.78. The number of aliphatic hydroxyl groups excluding tert-OH is 1. The van der Waals surface area contributed by atoms with Gasteiger partial charge in [0.25, 0.3) is 0 Å². The quantitative estimate of drug-likeness (QED) is 0.627. The first-order valence-electron chi connectivity index (χ1n) is 10.6.